The second-order valence-electron chi connectivity index (χ2n) is 4.67. The van der Waals surface area contributed by atoms with Gasteiger partial charge < -0.3 is 14.8 Å². The molecule has 0 spiro atoms. The summed E-state index contributed by atoms with van der Waals surface area (Å²) < 4.78 is 5.71. The maximum atomic E-state index is 9.43. The first-order valence-electron chi connectivity index (χ1n) is 6.21. The van der Waals surface area contributed by atoms with Crippen LogP contribution >= 0.6 is 0 Å². The summed E-state index contributed by atoms with van der Waals surface area (Å²) in [6.07, 6.45) is 0. The van der Waals surface area contributed by atoms with Gasteiger partial charge in [0.1, 0.15) is 18.1 Å². The van der Waals surface area contributed by atoms with Crippen molar-refractivity contribution in [2.45, 2.75) is 13.5 Å². The van der Waals surface area contributed by atoms with E-state index in [2.05, 4.69) is 4.98 Å². The predicted octanol–water partition coefficient (Wildman–Crippen LogP) is 3.76. The van der Waals surface area contributed by atoms with E-state index < -0.39 is 0 Å². The van der Waals surface area contributed by atoms with Gasteiger partial charge in [-0.25, -0.2) is 0 Å². The fraction of sp³-hybridized carbons (Fsp3) is 0.125. The molecule has 0 saturated heterocycles. The standard InChI is InChI=1S/C16H15NO2/c1-11-2-5-15(6-3-11)19-10-13-8-12-9-14(18)4-7-16(12)17-13/h2-9,17-18H,10H2,1H3. The summed E-state index contributed by atoms with van der Waals surface area (Å²) in [7, 11) is 0. The largest absolute Gasteiger partial charge is 0.508 e. The van der Waals surface area contributed by atoms with Crippen LogP contribution in [0.2, 0.25) is 0 Å². The molecule has 3 heteroatoms. The third-order valence-corrected chi connectivity index (χ3v) is 3.08. The number of phenolic OH excluding ortho intramolecular Hbond substituents is 1. The highest BCUT2D eigenvalue weighted by Crippen LogP contribution is 2.21. The first-order chi connectivity index (χ1) is 9.20. The first kappa shape index (κ1) is 11.7. The van der Waals surface area contributed by atoms with E-state index in [0.717, 1.165) is 22.3 Å². The van der Waals surface area contributed by atoms with Gasteiger partial charge in [0, 0.05) is 10.9 Å². The van der Waals surface area contributed by atoms with E-state index in [1.807, 2.05) is 43.3 Å². The lowest BCUT2D eigenvalue weighted by molar-refractivity contribution is 0.302. The zero-order valence-corrected chi connectivity index (χ0v) is 10.7. The van der Waals surface area contributed by atoms with Crippen molar-refractivity contribution in [2.24, 2.45) is 0 Å². The Hall–Kier alpha value is -2.42. The van der Waals surface area contributed by atoms with Gasteiger partial charge in [0.05, 0.1) is 5.69 Å². The van der Waals surface area contributed by atoms with Gasteiger partial charge in [-0.15, -0.1) is 0 Å². The van der Waals surface area contributed by atoms with E-state index >= 15 is 0 Å². The zero-order chi connectivity index (χ0) is 13.2. The SMILES string of the molecule is Cc1ccc(OCc2cc3cc(O)ccc3[nH]2)cc1. The predicted molar refractivity (Wildman–Crippen MR) is 75.5 cm³/mol. The van der Waals surface area contributed by atoms with Crippen LogP contribution in [0, 0.1) is 6.92 Å². The number of rotatable bonds is 3. The molecular weight excluding hydrogens is 238 g/mol. The van der Waals surface area contributed by atoms with Crippen molar-refractivity contribution in [2.75, 3.05) is 0 Å². The normalized spacial score (nSPS) is 10.8. The molecule has 0 aliphatic rings. The van der Waals surface area contributed by atoms with Crippen molar-refractivity contribution >= 4 is 10.9 Å². The van der Waals surface area contributed by atoms with Crippen LogP contribution in [-0.4, -0.2) is 10.1 Å². The molecule has 3 aromatic rings. The highest BCUT2D eigenvalue weighted by Gasteiger charge is 2.02. The minimum atomic E-state index is 0.275. The number of hydrogen-bond acceptors (Lipinski definition) is 2. The molecule has 2 N–H and O–H groups in total. The zero-order valence-electron chi connectivity index (χ0n) is 10.7. The number of benzene rings is 2. The van der Waals surface area contributed by atoms with E-state index in [1.54, 1.807) is 12.1 Å². The summed E-state index contributed by atoms with van der Waals surface area (Å²) in [6.45, 7) is 2.53. The minimum Gasteiger partial charge on any atom is -0.508 e. The van der Waals surface area contributed by atoms with Crippen molar-refractivity contribution in [3.8, 4) is 11.5 Å². The molecule has 0 radical (unpaired) electrons. The third-order valence-electron chi connectivity index (χ3n) is 3.08. The number of hydrogen-bond donors (Lipinski definition) is 2. The maximum Gasteiger partial charge on any atom is 0.128 e. The van der Waals surface area contributed by atoms with Crippen molar-refractivity contribution in [1.82, 2.24) is 4.98 Å². The molecule has 0 atom stereocenters. The lowest BCUT2D eigenvalue weighted by Gasteiger charge is -2.04. The Morgan fingerprint density at radius 2 is 1.84 bits per heavy atom. The van der Waals surface area contributed by atoms with E-state index in [-0.39, 0.29) is 5.75 Å². The number of aryl methyl sites for hydroxylation is 1. The summed E-state index contributed by atoms with van der Waals surface area (Å²) in [4.78, 5) is 3.27. The van der Waals surface area contributed by atoms with Crippen LogP contribution in [0.15, 0.2) is 48.5 Å². The van der Waals surface area contributed by atoms with E-state index in [9.17, 15) is 5.11 Å². The quantitative estimate of drug-likeness (QED) is 0.746. The fourth-order valence-corrected chi connectivity index (χ4v) is 2.05. The van der Waals surface area contributed by atoms with Gasteiger partial charge in [0.25, 0.3) is 0 Å². The van der Waals surface area contributed by atoms with Crippen LogP contribution in [0.3, 0.4) is 0 Å². The third kappa shape index (κ3) is 2.55. The summed E-state index contributed by atoms with van der Waals surface area (Å²) in [5, 5.41) is 10.4. The number of phenols is 1. The summed E-state index contributed by atoms with van der Waals surface area (Å²) in [5.74, 6) is 1.13. The number of aromatic nitrogens is 1. The van der Waals surface area contributed by atoms with Gasteiger partial charge in [-0.3, -0.25) is 0 Å². The van der Waals surface area contributed by atoms with Crippen molar-refractivity contribution in [1.29, 1.82) is 0 Å². The molecule has 19 heavy (non-hydrogen) atoms. The van der Waals surface area contributed by atoms with Crippen LogP contribution in [0.4, 0.5) is 0 Å². The second kappa shape index (κ2) is 4.69. The molecule has 0 saturated carbocycles. The Kier molecular flexibility index (Phi) is 2.88. The average Bonchev–Trinajstić information content (AvgIpc) is 2.80. The van der Waals surface area contributed by atoms with Crippen molar-refractivity contribution in [3.63, 3.8) is 0 Å². The Balaban J connectivity index is 1.76. The first-order valence-corrected chi connectivity index (χ1v) is 6.21. The number of fused-ring (bicyclic) bond motifs is 1. The number of nitrogens with one attached hydrogen (secondary N) is 1. The molecule has 0 fully saturated rings. The molecule has 1 aromatic heterocycles. The Morgan fingerprint density at radius 3 is 2.63 bits per heavy atom. The van der Waals surface area contributed by atoms with Crippen LogP contribution in [0.25, 0.3) is 10.9 Å². The van der Waals surface area contributed by atoms with Crippen LogP contribution < -0.4 is 4.74 Å². The minimum absolute atomic E-state index is 0.275. The molecule has 0 bridgehead atoms. The maximum absolute atomic E-state index is 9.43. The number of H-pyrrole nitrogens is 1. The molecule has 3 nitrogen and oxygen atoms in total. The highest BCUT2D eigenvalue weighted by molar-refractivity contribution is 5.81. The molecule has 2 aromatic carbocycles. The Labute approximate surface area is 111 Å². The van der Waals surface area contributed by atoms with Gasteiger partial charge >= 0.3 is 0 Å². The second-order valence-corrected chi connectivity index (χ2v) is 4.67. The lowest BCUT2D eigenvalue weighted by atomic mass is 10.2. The van der Waals surface area contributed by atoms with Gasteiger partial charge in [-0.05, 0) is 43.3 Å². The number of aromatic hydroxyl groups is 1. The number of aromatic amines is 1. The van der Waals surface area contributed by atoms with Gasteiger partial charge in [-0.1, -0.05) is 17.7 Å². The molecule has 1 heterocycles. The van der Waals surface area contributed by atoms with Gasteiger partial charge in [0.15, 0.2) is 0 Å². The smallest absolute Gasteiger partial charge is 0.128 e. The van der Waals surface area contributed by atoms with Crippen LogP contribution in [0.5, 0.6) is 11.5 Å². The monoisotopic (exact) mass is 253 g/mol. The molecular formula is C16H15NO2. The van der Waals surface area contributed by atoms with Crippen molar-refractivity contribution < 1.29 is 9.84 Å². The molecule has 0 aliphatic heterocycles. The van der Waals surface area contributed by atoms with Gasteiger partial charge in [0.2, 0.25) is 0 Å². The average molecular weight is 253 g/mol. The topological polar surface area (TPSA) is 45.2 Å². The molecule has 0 unspecified atom stereocenters. The number of ether oxygens (including phenoxy) is 1. The van der Waals surface area contributed by atoms with Crippen molar-refractivity contribution in [3.05, 3.63) is 59.8 Å². The molecule has 0 aliphatic carbocycles. The Bertz CT molecular complexity index is 698. The van der Waals surface area contributed by atoms with Crippen LogP contribution in [0.1, 0.15) is 11.3 Å². The van der Waals surface area contributed by atoms with Gasteiger partial charge in [-0.2, -0.15) is 0 Å². The van der Waals surface area contributed by atoms with E-state index in [1.165, 1.54) is 5.56 Å². The molecule has 0 amide bonds. The van der Waals surface area contributed by atoms with E-state index in [4.69, 9.17) is 4.74 Å². The summed E-state index contributed by atoms with van der Waals surface area (Å²) in [5.41, 5.74) is 3.20. The highest BCUT2D eigenvalue weighted by atomic mass is 16.5. The molecule has 3 rings (SSSR count). The fourth-order valence-electron chi connectivity index (χ4n) is 2.05. The van der Waals surface area contributed by atoms with Crippen LogP contribution in [-0.2, 0) is 6.61 Å². The van der Waals surface area contributed by atoms with E-state index in [0.29, 0.717) is 6.61 Å². The Morgan fingerprint density at radius 1 is 1.05 bits per heavy atom. The lowest BCUT2D eigenvalue weighted by Crippen LogP contribution is -1.95. The molecule has 96 valence electrons. The summed E-state index contributed by atoms with van der Waals surface area (Å²) >= 11 is 0. The summed E-state index contributed by atoms with van der Waals surface area (Å²) in [6, 6.07) is 15.2.